The molecule has 6 rings (SSSR count). The van der Waals surface area contributed by atoms with Gasteiger partial charge in [0, 0.05) is 22.8 Å². The Labute approximate surface area is 232 Å². The molecule has 0 saturated carbocycles. The third-order valence-corrected chi connectivity index (χ3v) is 6.79. The number of nitrogens with one attached hydrogen (secondary N) is 2. The number of rotatable bonds is 5. The fraction of sp³-hybridized carbons (Fsp3) is 0.0968. The van der Waals surface area contributed by atoms with E-state index in [9.17, 15) is 18.0 Å². The third kappa shape index (κ3) is 5.19. The first-order valence-electron chi connectivity index (χ1n) is 12.6. The number of oxazole rings is 1. The van der Waals surface area contributed by atoms with Gasteiger partial charge in [-0.2, -0.15) is 18.2 Å². The van der Waals surface area contributed by atoms with Crippen molar-refractivity contribution in [1.82, 2.24) is 15.0 Å². The molecule has 0 unspecified atom stereocenters. The van der Waals surface area contributed by atoms with E-state index in [4.69, 9.17) is 4.42 Å². The lowest BCUT2D eigenvalue weighted by Gasteiger charge is -2.15. The molecule has 2 aromatic heterocycles. The van der Waals surface area contributed by atoms with Crippen LogP contribution < -0.4 is 10.6 Å². The van der Waals surface area contributed by atoms with Gasteiger partial charge in [0.05, 0.1) is 11.1 Å². The molecule has 10 heteroatoms. The molecule has 41 heavy (non-hydrogen) atoms. The number of carbonyl (C=O) groups excluding carboxylic acids is 1. The fourth-order valence-corrected chi connectivity index (χ4v) is 4.63. The highest BCUT2D eigenvalue weighted by Gasteiger charge is 2.33. The molecule has 0 fully saturated rings. The Bertz CT molecular complexity index is 1920. The topological polar surface area (TPSA) is 92.9 Å². The molecular weight excluding hydrogens is 531 g/mol. The molecule has 1 amide bonds. The van der Waals surface area contributed by atoms with Crippen LogP contribution in [0.3, 0.4) is 0 Å². The summed E-state index contributed by atoms with van der Waals surface area (Å²) in [5.41, 5.74) is 4.21. The first-order chi connectivity index (χ1) is 19.7. The van der Waals surface area contributed by atoms with Crippen molar-refractivity contribution in [2.45, 2.75) is 20.0 Å². The molecule has 7 nitrogen and oxygen atoms in total. The van der Waals surface area contributed by atoms with Gasteiger partial charge in [-0.05, 0) is 84.6 Å². The standard InChI is InChI=1S/C31H22F3N5O2/c1-17-10-11-20(28(40)36-24-8-5-6-23(18(24)2)31(32,33)34)15-22(17)19-12-13-25-21(14-19)16-35-29(37-25)39-30-38-26-7-3-4-9-27(26)41-30/h3-16H,1-2H3,(H,36,40)(H,35,37,38,39). The Morgan fingerprint density at radius 3 is 2.51 bits per heavy atom. The lowest BCUT2D eigenvalue weighted by Crippen LogP contribution is -2.15. The highest BCUT2D eigenvalue weighted by atomic mass is 19.4. The minimum Gasteiger partial charge on any atom is -0.423 e. The summed E-state index contributed by atoms with van der Waals surface area (Å²) in [7, 11) is 0. The Morgan fingerprint density at radius 2 is 1.71 bits per heavy atom. The van der Waals surface area contributed by atoms with E-state index >= 15 is 0 Å². The number of carbonyl (C=O) groups is 1. The van der Waals surface area contributed by atoms with Crippen molar-refractivity contribution in [2.24, 2.45) is 0 Å². The van der Waals surface area contributed by atoms with Crippen LogP contribution in [-0.2, 0) is 6.18 Å². The highest BCUT2D eigenvalue weighted by Crippen LogP contribution is 2.35. The number of hydrogen-bond acceptors (Lipinski definition) is 6. The molecule has 204 valence electrons. The van der Waals surface area contributed by atoms with Crippen molar-refractivity contribution in [2.75, 3.05) is 10.6 Å². The Balaban J connectivity index is 1.25. The second-order valence-electron chi connectivity index (χ2n) is 9.54. The number of aromatic nitrogens is 3. The van der Waals surface area contributed by atoms with E-state index in [1.165, 1.54) is 19.1 Å². The number of fused-ring (bicyclic) bond motifs is 2. The van der Waals surface area contributed by atoms with Crippen LogP contribution in [0.5, 0.6) is 0 Å². The highest BCUT2D eigenvalue weighted by molar-refractivity contribution is 6.05. The zero-order valence-corrected chi connectivity index (χ0v) is 21.9. The van der Waals surface area contributed by atoms with Gasteiger partial charge in [0.2, 0.25) is 5.95 Å². The van der Waals surface area contributed by atoms with Crippen LogP contribution in [0.4, 0.5) is 30.8 Å². The predicted octanol–water partition coefficient (Wildman–Crippen LogP) is 8.07. The zero-order chi connectivity index (χ0) is 28.7. The number of amides is 1. The Hall–Kier alpha value is -5.25. The van der Waals surface area contributed by atoms with Crippen molar-refractivity contribution >= 4 is 45.6 Å². The fourth-order valence-electron chi connectivity index (χ4n) is 4.63. The number of benzene rings is 4. The quantitative estimate of drug-likeness (QED) is 0.224. The molecule has 0 aliphatic rings. The van der Waals surface area contributed by atoms with Crippen molar-refractivity contribution in [3.05, 3.63) is 107 Å². The van der Waals surface area contributed by atoms with Gasteiger partial charge < -0.3 is 9.73 Å². The molecular formula is C31H22F3N5O2. The summed E-state index contributed by atoms with van der Waals surface area (Å²) in [4.78, 5) is 26.4. The summed E-state index contributed by atoms with van der Waals surface area (Å²) in [6.07, 6.45) is -2.83. The molecule has 0 radical (unpaired) electrons. The van der Waals surface area contributed by atoms with Gasteiger partial charge in [0.15, 0.2) is 5.58 Å². The van der Waals surface area contributed by atoms with Crippen LogP contribution in [0.2, 0.25) is 0 Å². The van der Waals surface area contributed by atoms with Crippen molar-refractivity contribution in [3.8, 4) is 11.1 Å². The number of halogens is 3. The number of nitrogens with zero attached hydrogens (tertiary/aromatic N) is 3. The Kier molecular flexibility index (Phi) is 6.37. The average molecular weight is 554 g/mol. The lowest BCUT2D eigenvalue weighted by atomic mass is 9.96. The molecule has 0 aliphatic carbocycles. The maximum atomic E-state index is 13.3. The molecule has 2 N–H and O–H groups in total. The molecule has 6 aromatic rings. The predicted molar refractivity (Wildman–Crippen MR) is 151 cm³/mol. The van der Waals surface area contributed by atoms with E-state index in [1.807, 2.05) is 49.4 Å². The van der Waals surface area contributed by atoms with Gasteiger partial charge in [-0.25, -0.2) is 9.97 Å². The van der Waals surface area contributed by atoms with Crippen molar-refractivity contribution in [3.63, 3.8) is 0 Å². The number of aryl methyl sites for hydroxylation is 1. The lowest BCUT2D eigenvalue weighted by molar-refractivity contribution is -0.138. The molecule has 4 aromatic carbocycles. The van der Waals surface area contributed by atoms with Gasteiger partial charge >= 0.3 is 12.2 Å². The summed E-state index contributed by atoms with van der Waals surface area (Å²) < 4.78 is 45.6. The van der Waals surface area contributed by atoms with Crippen LogP contribution in [0.1, 0.15) is 27.0 Å². The third-order valence-electron chi connectivity index (χ3n) is 6.79. The average Bonchev–Trinajstić information content (AvgIpc) is 3.36. The number of alkyl halides is 3. The summed E-state index contributed by atoms with van der Waals surface area (Å²) in [6, 6.07) is 22.2. The maximum absolute atomic E-state index is 13.3. The number of anilines is 3. The monoisotopic (exact) mass is 553 g/mol. The summed E-state index contributed by atoms with van der Waals surface area (Å²) in [6.45, 7) is 3.26. The first kappa shape index (κ1) is 26.0. The van der Waals surface area contributed by atoms with Crippen molar-refractivity contribution < 1.29 is 22.4 Å². The van der Waals surface area contributed by atoms with Gasteiger partial charge in [0.1, 0.15) is 5.52 Å². The van der Waals surface area contributed by atoms with Crippen LogP contribution >= 0.6 is 0 Å². The molecule has 0 saturated heterocycles. The first-order valence-corrected chi connectivity index (χ1v) is 12.6. The van der Waals surface area contributed by atoms with Gasteiger partial charge in [-0.1, -0.05) is 30.3 Å². The number of hydrogen-bond donors (Lipinski definition) is 2. The van der Waals surface area contributed by atoms with Crippen LogP contribution in [0.15, 0.2) is 89.5 Å². The summed E-state index contributed by atoms with van der Waals surface area (Å²) in [5.74, 6) is -0.177. The van der Waals surface area contributed by atoms with Crippen LogP contribution in [0, 0.1) is 13.8 Å². The maximum Gasteiger partial charge on any atom is 0.416 e. The smallest absolute Gasteiger partial charge is 0.416 e. The van der Waals surface area contributed by atoms with Crippen molar-refractivity contribution in [1.29, 1.82) is 0 Å². The Morgan fingerprint density at radius 1 is 0.878 bits per heavy atom. The second-order valence-corrected chi connectivity index (χ2v) is 9.54. The normalized spacial score (nSPS) is 11.6. The minimum atomic E-state index is -4.51. The zero-order valence-electron chi connectivity index (χ0n) is 21.9. The molecule has 0 atom stereocenters. The van der Waals surface area contributed by atoms with E-state index in [0.29, 0.717) is 22.6 Å². The largest absolute Gasteiger partial charge is 0.423 e. The van der Waals surface area contributed by atoms with Gasteiger partial charge in [0.25, 0.3) is 5.91 Å². The molecule has 0 aliphatic heterocycles. The van der Waals surface area contributed by atoms with E-state index < -0.39 is 17.6 Å². The summed E-state index contributed by atoms with van der Waals surface area (Å²) in [5, 5.41) is 6.39. The SMILES string of the molecule is Cc1ccc(C(=O)Nc2cccc(C(F)(F)F)c2C)cc1-c1ccc2nc(Nc3nc4ccccc4o3)ncc2c1. The molecule has 0 spiro atoms. The minimum absolute atomic E-state index is 0.0415. The van der Waals surface area contributed by atoms with Gasteiger partial charge in [-0.15, -0.1) is 0 Å². The van der Waals surface area contributed by atoms with E-state index in [0.717, 1.165) is 33.7 Å². The number of para-hydroxylation sites is 2. The molecule has 0 bridgehead atoms. The van der Waals surface area contributed by atoms with Crippen LogP contribution in [0.25, 0.3) is 33.1 Å². The molecule has 2 heterocycles. The summed E-state index contributed by atoms with van der Waals surface area (Å²) >= 11 is 0. The van der Waals surface area contributed by atoms with E-state index in [-0.39, 0.29) is 17.3 Å². The van der Waals surface area contributed by atoms with E-state index in [1.54, 1.807) is 24.4 Å². The van der Waals surface area contributed by atoms with Gasteiger partial charge in [-0.3, -0.25) is 10.1 Å². The van der Waals surface area contributed by atoms with Crippen LogP contribution in [-0.4, -0.2) is 20.9 Å². The van der Waals surface area contributed by atoms with E-state index in [2.05, 4.69) is 25.6 Å². The second kappa shape index (κ2) is 10.1.